The van der Waals surface area contributed by atoms with E-state index >= 15 is 0 Å². The number of rotatable bonds is 11. The Labute approximate surface area is 492 Å². The summed E-state index contributed by atoms with van der Waals surface area (Å²) in [7, 11) is -13.6. The summed E-state index contributed by atoms with van der Waals surface area (Å²) in [5, 5.41) is 23.2. The molecule has 3 nitrogen and oxygen atoms in total. The molecule has 0 aliphatic rings. The van der Waals surface area contributed by atoms with E-state index in [9.17, 15) is 30.3 Å². The molecule has 0 fully saturated rings. The number of fused-ring (bicyclic) bond motifs is 1. The summed E-state index contributed by atoms with van der Waals surface area (Å²) in [6, 6.07) is 105. The molecule has 0 aliphatic heterocycles. The summed E-state index contributed by atoms with van der Waals surface area (Å²) in [5.41, 5.74) is 0.662. The Morgan fingerprint density at radius 2 is 0.646 bits per heavy atom. The van der Waals surface area contributed by atoms with Crippen LogP contribution in [0.15, 0.2) is 327 Å². The molecule has 0 unspecified atom stereocenters. The maximum absolute atomic E-state index is 10.7. The van der Waals surface area contributed by atoms with Crippen LogP contribution in [-0.2, 0) is 24.4 Å². The summed E-state index contributed by atoms with van der Waals surface area (Å²) in [6.45, 7) is 15.1. The van der Waals surface area contributed by atoms with Gasteiger partial charge in [0.25, 0.3) is 0 Å². The number of aromatic hydroxyl groups is 1. The zero-order valence-corrected chi connectivity index (χ0v) is 50.1. The van der Waals surface area contributed by atoms with Crippen LogP contribution in [0.4, 0.5) is 25.2 Å². The second-order valence-corrected chi connectivity index (χ2v) is 27.1. The number of aromatic nitrogens is 1. The SMILES string of the molecule is F[P-](F)(F)(F)(F)F.Oc1cccc2cccnc12.[C-]#[O+].[CH-]=C(C=C)[P+](c1ccccc1)(c1ccccc1)c1ccccc1.[Os+].c1ccc(P(c2ccccc2)c2ccccc2)cc1.c1ccc(P(c2ccccc2)c2ccccc2)cc1. The van der Waals surface area contributed by atoms with Gasteiger partial charge >= 0.3 is 64.1 Å². The van der Waals surface area contributed by atoms with Crippen molar-refractivity contribution in [1.29, 1.82) is 0 Å². The molecular formula is C68H56F6NO2OsP4. The number of hydrogen-bond donors (Lipinski definition) is 1. The van der Waals surface area contributed by atoms with Gasteiger partial charge in [-0.1, -0.05) is 260 Å². The molecule has 0 bridgehead atoms. The quantitative estimate of drug-likeness (QED) is 0.0461. The van der Waals surface area contributed by atoms with Crippen molar-refractivity contribution >= 4 is 89.6 Å². The molecule has 82 heavy (non-hydrogen) atoms. The van der Waals surface area contributed by atoms with Gasteiger partial charge in [-0.3, -0.25) is 4.98 Å². The molecule has 14 heteroatoms. The zero-order chi connectivity index (χ0) is 58.0. The number of phenols is 1. The molecular weight excluding hydrogens is 1290 g/mol. The van der Waals surface area contributed by atoms with Gasteiger partial charge in [0, 0.05) is 11.6 Å². The number of phenolic OH excluding ortho intramolecular Hbond substituents is 1. The van der Waals surface area contributed by atoms with Crippen LogP contribution in [0, 0.1) is 13.2 Å². The number of nitrogens with zero attached hydrogens (tertiary/aromatic N) is 1. The Balaban J connectivity index is 0.000000194. The van der Waals surface area contributed by atoms with Crippen LogP contribution in [0.1, 0.15) is 0 Å². The minimum absolute atomic E-state index is 0. The van der Waals surface area contributed by atoms with E-state index in [-0.39, 0.29) is 25.5 Å². The Bertz CT molecular complexity index is 3230. The summed E-state index contributed by atoms with van der Waals surface area (Å²) in [5.74, 6) is 0.239. The van der Waals surface area contributed by atoms with Crippen molar-refractivity contribution in [1.82, 2.24) is 4.98 Å². The third-order valence-electron chi connectivity index (χ3n) is 11.7. The predicted octanol–water partition coefficient (Wildman–Crippen LogP) is 16.7. The molecule has 0 saturated carbocycles. The van der Waals surface area contributed by atoms with Gasteiger partial charge in [-0.15, -0.1) is 0 Å². The molecule has 11 aromatic rings. The van der Waals surface area contributed by atoms with E-state index < -0.39 is 30.9 Å². The minimum Gasteiger partial charge on any atom is -0.247 e. The molecule has 10 aromatic carbocycles. The van der Waals surface area contributed by atoms with Crippen LogP contribution in [0.3, 0.4) is 0 Å². The molecule has 415 valence electrons. The molecule has 0 aliphatic carbocycles. The first kappa shape index (κ1) is 65.4. The largest absolute Gasteiger partial charge is 1.00 e. The van der Waals surface area contributed by atoms with E-state index in [1.807, 2.05) is 36.4 Å². The Hall–Kier alpha value is -7.43. The fraction of sp³-hybridized carbons (Fsp3) is 0. The maximum atomic E-state index is 9.87. The van der Waals surface area contributed by atoms with Crippen LogP contribution in [-0.4, -0.2) is 10.1 Å². The van der Waals surface area contributed by atoms with Gasteiger partial charge in [0.15, 0.2) is 0 Å². The van der Waals surface area contributed by atoms with Crippen molar-refractivity contribution in [2.75, 3.05) is 0 Å². The van der Waals surface area contributed by atoms with Crippen LogP contribution < -0.4 is 47.7 Å². The molecule has 11 rings (SSSR count). The van der Waals surface area contributed by atoms with Gasteiger partial charge in [-0.25, -0.2) is 6.58 Å². The van der Waals surface area contributed by atoms with Crippen LogP contribution in [0.5, 0.6) is 5.75 Å². The van der Waals surface area contributed by atoms with Gasteiger partial charge in [0.1, 0.15) is 34.4 Å². The average molecular weight is 1350 g/mol. The normalized spacial score (nSPS) is 11.3. The smallest absolute Gasteiger partial charge is 0.247 e. The maximum Gasteiger partial charge on any atom is 1.00 e. The topological polar surface area (TPSA) is 53.0 Å². The third kappa shape index (κ3) is 20.2. The van der Waals surface area contributed by atoms with E-state index in [0.29, 0.717) is 5.52 Å². The fourth-order valence-corrected chi connectivity index (χ4v) is 17.0. The molecule has 1 radical (unpaired) electrons. The van der Waals surface area contributed by atoms with Gasteiger partial charge in [0.2, 0.25) is 0 Å². The van der Waals surface area contributed by atoms with Crippen molar-refractivity contribution in [3.05, 3.63) is 341 Å². The Kier molecular flexibility index (Phi) is 24.8. The minimum atomic E-state index is -10.7. The van der Waals surface area contributed by atoms with E-state index in [1.54, 1.807) is 24.4 Å². The van der Waals surface area contributed by atoms with Crippen molar-refractivity contribution < 1.29 is 54.7 Å². The number of para-hydroxylation sites is 1. The van der Waals surface area contributed by atoms with E-state index in [0.717, 1.165) is 10.7 Å². The molecule has 1 aromatic heterocycles. The number of allylic oxidation sites excluding steroid dienone is 2. The predicted molar refractivity (Wildman–Crippen MR) is 334 cm³/mol. The molecule has 0 atom stereocenters. The molecule has 1 heterocycles. The molecule has 0 saturated heterocycles. The van der Waals surface area contributed by atoms with Crippen LogP contribution >= 0.6 is 30.9 Å². The summed E-state index contributed by atoms with van der Waals surface area (Å²) in [6.07, 6.45) is 3.48. The zero-order valence-electron chi connectivity index (χ0n) is 44.0. The van der Waals surface area contributed by atoms with Gasteiger partial charge in [-0.2, -0.15) is 12.7 Å². The second-order valence-electron chi connectivity index (χ2n) is 17.3. The van der Waals surface area contributed by atoms with Crippen LogP contribution in [0.2, 0.25) is 0 Å². The molecule has 0 spiro atoms. The number of benzene rings is 10. The summed E-state index contributed by atoms with van der Waals surface area (Å²) in [4.78, 5) is 4.03. The molecule has 0 amide bonds. The van der Waals surface area contributed by atoms with E-state index in [2.05, 4.69) is 273 Å². The summed E-state index contributed by atoms with van der Waals surface area (Å²) < 4.78 is 66.7. The number of pyridine rings is 1. The van der Waals surface area contributed by atoms with Crippen molar-refractivity contribution in [3.63, 3.8) is 0 Å². The van der Waals surface area contributed by atoms with Gasteiger partial charge in [-0.05, 0) is 96.2 Å². The molecule has 1 N–H and O–H groups in total. The summed E-state index contributed by atoms with van der Waals surface area (Å²) >= 11 is 0. The first-order valence-electron chi connectivity index (χ1n) is 25.0. The number of hydrogen-bond acceptors (Lipinski definition) is 2. The Morgan fingerprint density at radius 3 is 0.878 bits per heavy atom. The average Bonchev–Trinajstić information content (AvgIpc) is 3.57. The monoisotopic (exact) mass is 1350 g/mol. The van der Waals surface area contributed by atoms with Crippen molar-refractivity contribution in [3.8, 4) is 5.75 Å². The first-order chi connectivity index (χ1) is 39.0. The van der Waals surface area contributed by atoms with E-state index in [1.165, 1.54) is 47.7 Å². The van der Waals surface area contributed by atoms with Gasteiger partial charge < -0.3 is 5.11 Å². The fourth-order valence-electron chi connectivity index (χ4n) is 8.43. The first-order valence-corrected chi connectivity index (χ1v) is 31.5. The second kappa shape index (κ2) is 31.1. The third-order valence-corrected chi connectivity index (χ3v) is 20.8. The van der Waals surface area contributed by atoms with Crippen molar-refractivity contribution in [2.24, 2.45) is 0 Å². The van der Waals surface area contributed by atoms with Crippen molar-refractivity contribution in [2.45, 2.75) is 0 Å². The Morgan fingerprint density at radius 1 is 0.415 bits per heavy atom. The van der Waals surface area contributed by atoms with Crippen LogP contribution in [0.25, 0.3) is 10.9 Å². The standard InChI is InChI=1S/C22H19P.2C18H15P.C9H7NO.CO.F6P.Os/c1-3-19(2)23(20-13-7-4-8-14-20,21-15-9-5-10-16-21)22-17-11-6-12-18-22;2*1-4-10-16(11-5-1)19(17-12-6-2-7-13-17)18-14-8-3-9-15-18;11-8-5-1-3-7-4-2-6-10-9(7)8;1-2;1-7(2,3,4,5)6;/h2-18H,1H2;2*1-15H;1-6,11H;;;/q;;;;;-1;+1. The van der Waals surface area contributed by atoms with Gasteiger partial charge in [0.05, 0.1) is 0 Å². The number of halogens is 6. The van der Waals surface area contributed by atoms with E-state index in [4.69, 9.17) is 11.2 Å².